The summed E-state index contributed by atoms with van der Waals surface area (Å²) in [5.41, 5.74) is 7.38. The summed E-state index contributed by atoms with van der Waals surface area (Å²) in [5.74, 6) is 0.423. The van der Waals surface area contributed by atoms with Gasteiger partial charge in [0.05, 0.1) is 24.9 Å². The van der Waals surface area contributed by atoms with Gasteiger partial charge in [-0.25, -0.2) is 0 Å². The van der Waals surface area contributed by atoms with Crippen LogP contribution >= 0.6 is 11.6 Å². The van der Waals surface area contributed by atoms with E-state index < -0.39 is 0 Å². The van der Waals surface area contributed by atoms with E-state index in [2.05, 4.69) is 20.7 Å². The summed E-state index contributed by atoms with van der Waals surface area (Å²) in [6.07, 6.45) is 0.324. The van der Waals surface area contributed by atoms with Crippen molar-refractivity contribution in [2.45, 2.75) is 39.0 Å². The van der Waals surface area contributed by atoms with E-state index in [4.69, 9.17) is 31.3 Å². The Bertz CT molecular complexity index is 740. The summed E-state index contributed by atoms with van der Waals surface area (Å²) in [5, 5.41) is 13.2. The number of aromatic nitrogens is 3. The standard InChI is InChI=1S/C15H20ClN5O4/c1-7-9(8(2)25-21-7)5-24-11-6-23-4-3-10(11)18-15(22)13-12(16)14(17)20-19-13/h10-11H,3-6H2,1-2H3,(H,18,22)(H3,17,19,20)/t10-,11-/m1/s1. The minimum Gasteiger partial charge on any atom is -0.381 e. The fraction of sp³-hybridized carbons (Fsp3) is 0.533. The molecule has 2 aromatic rings. The molecule has 1 saturated heterocycles. The van der Waals surface area contributed by atoms with Crippen LogP contribution in [0.5, 0.6) is 0 Å². The van der Waals surface area contributed by atoms with Gasteiger partial charge in [0.25, 0.3) is 5.91 Å². The Morgan fingerprint density at radius 2 is 2.32 bits per heavy atom. The Morgan fingerprint density at radius 1 is 1.52 bits per heavy atom. The first-order chi connectivity index (χ1) is 12.0. The molecular weight excluding hydrogens is 350 g/mol. The lowest BCUT2D eigenvalue weighted by atomic mass is 10.1. The fourth-order valence-electron chi connectivity index (χ4n) is 2.67. The molecule has 0 aliphatic carbocycles. The Kier molecular flexibility index (Phi) is 5.26. The van der Waals surface area contributed by atoms with E-state index in [0.717, 1.165) is 17.0 Å². The first-order valence-corrected chi connectivity index (χ1v) is 8.26. The van der Waals surface area contributed by atoms with E-state index >= 15 is 0 Å². The summed E-state index contributed by atoms with van der Waals surface area (Å²) in [6.45, 7) is 4.94. The van der Waals surface area contributed by atoms with E-state index in [-0.39, 0.29) is 34.6 Å². The van der Waals surface area contributed by atoms with E-state index in [0.29, 0.717) is 26.2 Å². The predicted octanol–water partition coefficient (Wildman–Crippen LogP) is 1.35. The van der Waals surface area contributed by atoms with Crippen molar-refractivity contribution in [3.05, 3.63) is 27.7 Å². The number of nitrogens with two attached hydrogens (primary N) is 1. The molecule has 0 bridgehead atoms. The molecule has 3 rings (SSSR count). The van der Waals surface area contributed by atoms with Crippen LogP contribution in [0.15, 0.2) is 4.52 Å². The Balaban J connectivity index is 1.64. The molecule has 25 heavy (non-hydrogen) atoms. The number of ether oxygens (including phenoxy) is 2. The van der Waals surface area contributed by atoms with Gasteiger partial charge in [0, 0.05) is 12.2 Å². The average molecular weight is 370 g/mol. The van der Waals surface area contributed by atoms with Crippen molar-refractivity contribution in [1.29, 1.82) is 0 Å². The Labute approximate surface area is 149 Å². The van der Waals surface area contributed by atoms with Crippen molar-refractivity contribution >= 4 is 23.3 Å². The highest BCUT2D eigenvalue weighted by molar-refractivity contribution is 6.35. The molecule has 0 saturated carbocycles. The number of hydrogen-bond acceptors (Lipinski definition) is 7. The average Bonchev–Trinajstić information content (AvgIpc) is 3.09. The number of aromatic amines is 1. The van der Waals surface area contributed by atoms with Crippen molar-refractivity contribution in [3.63, 3.8) is 0 Å². The molecule has 0 unspecified atom stereocenters. The first-order valence-electron chi connectivity index (χ1n) is 7.88. The number of halogens is 1. The predicted molar refractivity (Wildman–Crippen MR) is 89.3 cm³/mol. The van der Waals surface area contributed by atoms with Gasteiger partial charge in [-0.2, -0.15) is 5.10 Å². The van der Waals surface area contributed by atoms with Gasteiger partial charge in [-0.15, -0.1) is 0 Å². The van der Waals surface area contributed by atoms with Gasteiger partial charge in [-0.3, -0.25) is 9.89 Å². The molecule has 3 heterocycles. The summed E-state index contributed by atoms with van der Waals surface area (Å²) in [4.78, 5) is 12.4. The molecule has 2 aromatic heterocycles. The van der Waals surface area contributed by atoms with Gasteiger partial charge in [0.15, 0.2) is 5.82 Å². The van der Waals surface area contributed by atoms with Gasteiger partial charge < -0.3 is 25.0 Å². The molecule has 1 aliphatic rings. The molecule has 136 valence electrons. The lowest BCUT2D eigenvalue weighted by Crippen LogP contribution is -2.50. The number of nitrogen functional groups attached to an aromatic ring is 1. The number of aryl methyl sites for hydroxylation is 2. The fourth-order valence-corrected chi connectivity index (χ4v) is 2.84. The number of nitrogens with one attached hydrogen (secondary N) is 2. The molecule has 9 nitrogen and oxygen atoms in total. The third kappa shape index (κ3) is 3.78. The minimum atomic E-state index is -0.382. The SMILES string of the molecule is Cc1noc(C)c1CO[C@@H]1COCC[C@H]1NC(=O)c1[nH]nc(N)c1Cl. The van der Waals surface area contributed by atoms with Crippen molar-refractivity contribution in [1.82, 2.24) is 20.7 Å². The minimum absolute atomic E-state index is 0.0880. The number of hydrogen-bond donors (Lipinski definition) is 3. The Morgan fingerprint density at radius 3 is 2.96 bits per heavy atom. The number of H-pyrrole nitrogens is 1. The maximum absolute atomic E-state index is 12.4. The van der Waals surface area contributed by atoms with Gasteiger partial charge in [0.1, 0.15) is 22.6 Å². The molecule has 0 aromatic carbocycles. The van der Waals surface area contributed by atoms with Gasteiger partial charge >= 0.3 is 0 Å². The van der Waals surface area contributed by atoms with E-state index in [9.17, 15) is 4.79 Å². The number of anilines is 1. The second kappa shape index (κ2) is 7.42. The Hall–Kier alpha value is -2.10. The van der Waals surface area contributed by atoms with Crippen LogP contribution in [-0.4, -0.2) is 46.6 Å². The molecule has 1 fully saturated rings. The zero-order valence-corrected chi connectivity index (χ0v) is 14.7. The zero-order valence-electron chi connectivity index (χ0n) is 14.0. The summed E-state index contributed by atoms with van der Waals surface area (Å²) in [6, 6.07) is -0.220. The van der Waals surface area contributed by atoms with Crippen LogP contribution in [0.25, 0.3) is 0 Å². The normalized spacial score (nSPS) is 20.6. The van der Waals surface area contributed by atoms with Crippen LogP contribution < -0.4 is 11.1 Å². The number of rotatable bonds is 5. The second-order valence-electron chi connectivity index (χ2n) is 5.89. The molecule has 1 aliphatic heterocycles. The summed E-state index contributed by atoms with van der Waals surface area (Å²) >= 11 is 5.97. The summed E-state index contributed by atoms with van der Waals surface area (Å²) in [7, 11) is 0. The number of nitrogens with zero attached hydrogens (tertiary/aromatic N) is 2. The van der Waals surface area contributed by atoms with Gasteiger partial charge in [0.2, 0.25) is 0 Å². The number of carbonyl (C=O) groups excluding carboxylic acids is 1. The van der Waals surface area contributed by atoms with Crippen molar-refractivity contribution in [3.8, 4) is 0 Å². The monoisotopic (exact) mass is 369 g/mol. The maximum Gasteiger partial charge on any atom is 0.271 e. The van der Waals surface area contributed by atoms with E-state index in [1.807, 2.05) is 13.8 Å². The third-order valence-electron chi connectivity index (χ3n) is 4.20. The smallest absolute Gasteiger partial charge is 0.271 e. The van der Waals surface area contributed by atoms with Crippen LogP contribution in [0.3, 0.4) is 0 Å². The van der Waals surface area contributed by atoms with Crippen molar-refractivity contribution in [2.24, 2.45) is 0 Å². The topological polar surface area (TPSA) is 128 Å². The molecule has 0 radical (unpaired) electrons. The molecular formula is C15H20ClN5O4. The third-order valence-corrected chi connectivity index (χ3v) is 4.59. The van der Waals surface area contributed by atoms with Gasteiger partial charge in [-0.05, 0) is 20.3 Å². The highest BCUT2D eigenvalue weighted by Crippen LogP contribution is 2.21. The zero-order chi connectivity index (χ0) is 18.0. The van der Waals surface area contributed by atoms with Crippen LogP contribution in [0.1, 0.15) is 33.9 Å². The van der Waals surface area contributed by atoms with E-state index in [1.54, 1.807) is 0 Å². The quantitative estimate of drug-likeness (QED) is 0.725. The van der Waals surface area contributed by atoms with E-state index in [1.165, 1.54) is 0 Å². The van der Waals surface area contributed by atoms with Crippen molar-refractivity contribution in [2.75, 3.05) is 18.9 Å². The van der Waals surface area contributed by atoms with Crippen LogP contribution in [0.4, 0.5) is 5.82 Å². The largest absolute Gasteiger partial charge is 0.381 e. The summed E-state index contributed by atoms with van der Waals surface area (Å²) < 4.78 is 16.6. The lowest BCUT2D eigenvalue weighted by Gasteiger charge is -2.32. The molecule has 4 N–H and O–H groups in total. The molecule has 2 atom stereocenters. The van der Waals surface area contributed by atoms with Gasteiger partial charge in [-0.1, -0.05) is 16.8 Å². The van der Waals surface area contributed by atoms with Crippen molar-refractivity contribution < 1.29 is 18.8 Å². The van der Waals surface area contributed by atoms with Crippen LogP contribution in [0.2, 0.25) is 5.02 Å². The highest BCUT2D eigenvalue weighted by atomic mass is 35.5. The number of amides is 1. The first kappa shape index (κ1) is 17.7. The molecule has 1 amide bonds. The second-order valence-corrected chi connectivity index (χ2v) is 6.27. The van der Waals surface area contributed by atoms with Crippen LogP contribution in [0, 0.1) is 13.8 Å². The molecule has 10 heteroatoms. The lowest BCUT2D eigenvalue weighted by molar-refractivity contribution is -0.0739. The maximum atomic E-state index is 12.4. The van der Waals surface area contributed by atoms with Crippen LogP contribution in [-0.2, 0) is 16.1 Å². The molecule has 0 spiro atoms. The highest BCUT2D eigenvalue weighted by Gasteiger charge is 2.30. The number of carbonyl (C=O) groups is 1.